The number of unbranched alkanes of at least 4 members (excludes halogenated alkanes) is 1. The molecule has 1 saturated heterocycles. The van der Waals surface area contributed by atoms with Gasteiger partial charge in [0, 0.05) is 19.5 Å². The van der Waals surface area contributed by atoms with Gasteiger partial charge < -0.3 is 15.1 Å². The van der Waals surface area contributed by atoms with E-state index in [4.69, 9.17) is 0 Å². The molecule has 104 valence electrons. The Hall–Kier alpha value is -1.10. The molecule has 0 unspecified atom stereocenters. The molecule has 1 fully saturated rings. The van der Waals surface area contributed by atoms with E-state index in [1.807, 2.05) is 19.0 Å². The third-order valence-corrected chi connectivity index (χ3v) is 3.17. The number of rotatable bonds is 5. The number of carbonyl (C=O) groups excluding carboxylic acids is 2. The van der Waals surface area contributed by atoms with E-state index >= 15 is 0 Å². The van der Waals surface area contributed by atoms with Crippen LogP contribution in [0.5, 0.6) is 0 Å². The van der Waals surface area contributed by atoms with Crippen LogP contribution in [0.4, 0.5) is 0 Å². The SMILES string of the molecule is CN(C)CCCCN1CCC(=O)NC(C)(C)C1=O. The van der Waals surface area contributed by atoms with Gasteiger partial charge in [0.05, 0.1) is 0 Å². The summed E-state index contributed by atoms with van der Waals surface area (Å²) in [5.74, 6) is -0.0117. The zero-order valence-electron chi connectivity index (χ0n) is 12.0. The van der Waals surface area contributed by atoms with Crippen LogP contribution in [0.15, 0.2) is 0 Å². The fourth-order valence-corrected chi connectivity index (χ4v) is 2.14. The molecule has 0 aromatic carbocycles. The highest BCUT2D eigenvalue weighted by atomic mass is 16.2. The molecule has 5 heteroatoms. The van der Waals surface area contributed by atoms with Crippen molar-refractivity contribution in [3.05, 3.63) is 0 Å². The van der Waals surface area contributed by atoms with Crippen LogP contribution in [0.3, 0.4) is 0 Å². The van der Waals surface area contributed by atoms with Crippen LogP contribution in [0.2, 0.25) is 0 Å². The number of nitrogens with one attached hydrogen (secondary N) is 1. The summed E-state index contributed by atoms with van der Waals surface area (Å²) >= 11 is 0. The Balaban J connectivity index is 2.48. The lowest BCUT2D eigenvalue weighted by atomic mass is 10.0. The number of hydrogen-bond acceptors (Lipinski definition) is 3. The standard InChI is InChI=1S/C13H25N3O2/c1-13(2)12(18)16(10-7-11(17)14-13)9-6-5-8-15(3)4/h5-10H2,1-4H3,(H,14,17). The van der Waals surface area contributed by atoms with E-state index < -0.39 is 5.54 Å². The quantitative estimate of drug-likeness (QED) is 0.726. The van der Waals surface area contributed by atoms with Crippen molar-refractivity contribution in [2.45, 2.75) is 38.6 Å². The molecule has 18 heavy (non-hydrogen) atoms. The molecule has 1 aliphatic heterocycles. The van der Waals surface area contributed by atoms with Crippen molar-refractivity contribution in [2.75, 3.05) is 33.7 Å². The van der Waals surface area contributed by atoms with E-state index in [-0.39, 0.29) is 11.8 Å². The lowest BCUT2D eigenvalue weighted by Crippen LogP contribution is -2.52. The van der Waals surface area contributed by atoms with Gasteiger partial charge in [-0.1, -0.05) is 0 Å². The summed E-state index contributed by atoms with van der Waals surface area (Å²) in [4.78, 5) is 27.7. The third-order valence-electron chi connectivity index (χ3n) is 3.17. The lowest BCUT2D eigenvalue weighted by Gasteiger charge is -2.28. The minimum atomic E-state index is -0.769. The van der Waals surface area contributed by atoms with Crippen LogP contribution in [-0.2, 0) is 9.59 Å². The van der Waals surface area contributed by atoms with Gasteiger partial charge in [0.25, 0.3) is 0 Å². The van der Waals surface area contributed by atoms with Crippen LogP contribution in [0.1, 0.15) is 33.1 Å². The first-order valence-electron chi connectivity index (χ1n) is 6.58. The maximum Gasteiger partial charge on any atom is 0.247 e. The summed E-state index contributed by atoms with van der Waals surface area (Å²) in [7, 11) is 4.09. The van der Waals surface area contributed by atoms with Gasteiger partial charge in [0.15, 0.2) is 0 Å². The number of nitrogens with zero attached hydrogens (tertiary/aromatic N) is 2. The highest BCUT2D eigenvalue weighted by Gasteiger charge is 2.35. The van der Waals surface area contributed by atoms with E-state index in [0.29, 0.717) is 13.0 Å². The molecule has 0 spiro atoms. The molecule has 1 aliphatic rings. The van der Waals surface area contributed by atoms with E-state index in [2.05, 4.69) is 10.2 Å². The van der Waals surface area contributed by atoms with E-state index in [1.54, 1.807) is 13.8 Å². The topological polar surface area (TPSA) is 52.6 Å². The second-order valence-electron chi connectivity index (χ2n) is 5.73. The Morgan fingerprint density at radius 1 is 1.28 bits per heavy atom. The molecule has 0 aliphatic carbocycles. The van der Waals surface area contributed by atoms with Crippen molar-refractivity contribution in [3.63, 3.8) is 0 Å². The van der Waals surface area contributed by atoms with Crippen LogP contribution in [-0.4, -0.2) is 60.9 Å². The average molecular weight is 255 g/mol. The average Bonchev–Trinajstić information content (AvgIpc) is 2.34. The van der Waals surface area contributed by atoms with Crippen molar-refractivity contribution in [1.82, 2.24) is 15.1 Å². The molecule has 5 nitrogen and oxygen atoms in total. The monoisotopic (exact) mass is 255 g/mol. The van der Waals surface area contributed by atoms with Gasteiger partial charge in [0.2, 0.25) is 11.8 Å². The Morgan fingerprint density at radius 3 is 2.56 bits per heavy atom. The number of amides is 2. The highest BCUT2D eigenvalue weighted by Crippen LogP contribution is 2.13. The molecule has 1 rings (SSSR count). The Kier molecular flexibility index (Phi) is 5.14. The number of hydrogen-bond donors (Lipinski definition) is 1. The maximum absolute atomic E-state index is 12.2. The molecule has 0 aromatic heterocycles. The normalized spacial score (nSPS) is 19.9. The van der Waals surface area contributed by atoms with Crippen LogP contribution in [0, 0.1) is 0 Å². The summed E-state index contributed by atoms with van der Waals surface area (Å²) in [6.45, 7) is 5.85. The molecule has 0 saturated carbocycles. The molecule has 0 atom stereocenters. The molecule has 1 heterocycles. The zero-order valence-corrected chi connectivity index (χ0v) is 12.0. The van der Waals surface area contributed by atoms with Crippen LogP contribution < -0.4 is 5.32 Å². The minimum Gasteiger partial charge on any atom is -0.342 e. The first-order valence-corrected chi connectivity index (χ1v) is 6.58. The van der Waals surface area contributed by atoms with E-state index in [9.17, 15) is 9.59 Å². The summed E-state index contributed by atoms with van der Waals surface area (Å²) in [6, 6.07) is 0. The second-order valence-corrected chi connectivity index (χ2v) is 5.73. The van der Waals surface area contributed by atoms with Crippen molar-refractivity contribution in [1.29, 1.82) is 0 Å². The number of carbonyl (C=O) groups is 2. The van der Waals surface area contributed by atoms with E-state index in [1.165, 1.54) is 0 Å². The minimum absolute atomic E-state index is 0.0261. The summed E-state index contributed by atoms with van der Waals surface area (Å²) in [5.41, 5.74) is -0.769. The predicted octanol–water partition coefficient (Wildman–Crippen LogP) is 0.455. The van der Waals surface area contributed by atoms with Gasteiger partial charge in [-0.15, -0.1) is 0 Å². The highest BCUT2D eigenvalue weighted by molar-refractivity contribution is 5.92. The van der Waals surface area contributed by atoms with Gasteiger partial charge in [-0.3, -0.25) is 9.59 Å². The Morgan fingerprint density at radius 2 is 1.94 bits per heavy atom. The first-order chi connectivity index (χ1) is 8.33. The maximum atomic E-state index is 12.2. The largest absolute Gasteiger partial charge is 0.342 e. The third kappa shape index (κ3) is 4.29. The molecular weight excluding hydrogens is 230 g/mol. The zero-order chi connectivity index (χ0) is 13.8. The van der Waals surface area contributed by atoms with Crippen LogP contribution >= 0.6 is 0 Å². The van der Waals surface area contributed by atoms with Gasteiger partial charge in [-0.2, -0.15) is 0 Å². The molecule has 2 amide bonds. The fourth-order valence-electron chi connectivity index (χ4n) is 2.14. The summed E-state index contributed by atoms with van der Waals surface area (Å²) in [5, 5.41) is 2.77. The Labute approximate surface area is 110 Å². The van der Waals surface area contributed by atoms with Crippen molar-refractivity contribution in [3.8, 4) is 0 Å². The predicted molar refractivity (Wildman–Crippen MR) is 71.2 cm³/mol. The lowest BCUT2D eigenvalue weighted by molar-refractivity contribution is -0.137. The van der Waals surface area contributed by atoms with Gasteiger partial charge >= 0.3 is 0 Å². The smallest absolute Gasteiger partial charge is 0.247 e. The van der Waals surface area contributed by atoms with Crippen LogP contribution in [0.25, 0.3) is 0 Å². The molecular formula is C13H25N3O2. The van der Waals surface area contributed by atoms with E-state index in [0.717, 1.165) is 25.9 Å². The fraction of sp³-hybridized carbons (Fsp3) is 0.846. The van der Waals surface area contributed by atoms with Crippen molar-refractivity contribution >= 4 is 11.8 Å². The Bertz CT molecular complexity index is 313. The van der Waals surface area contributed by atoms with Gasteiger partial charge in [0.1, 0.15) is 5.54 Å². The van der Waals surface area contributed by atoms with Gasteiger partial charge in [-0.05, 0) is 47.3 Å². The molecule has 0 aromatic rings. The molecule has 0 bridgehead atoms. The molecule has 0 radical (unpaired) electrons. The van der Waals surface area contributed by atoms with Gasteiger partial charge in [-0.25, -0.2) is 0 Å². The van der Waals surface area contributed by atoms with Crippen molar-refractivity contribution in [2.24, 2.45) is 0 Å². The summed E-state index contributed by atoms with van der Waals surface area (Å²) in [6.07, 6.45) is 2.45. The second kappa shape index (κ2) is 6.18. The first kappa shape index (κ1) is 15.0. The van der Waals surface area contributed by atoms with Crippen molar-refractivity contribution < 1.29 is 9.59 Å². The molecule has 1 N–H and O–H groups in total. The summed E-state index contributed by atoms with van der Waals surface area (Å²) < 4.78 is 0.